The Bertz CT molecular complexity index is 2230. The molecule has 0 aliphatic heterocycles. The van der Waals surface area contributed by atoms with Crippen molar-refractivity contribution in [1.82, 2.24) is 19.1 Å². The summed E-state index contributed by atoms with van der Waals surface area (Å²) in [4.78, 5) is 29.1. The maximum atomic E-state index is 13.6. The van der Waals surface area contributed by atoms with Crippen molar-refractivity contribution in [2.45, 2.75) is 20.8 Å². The van der Waals surface area contributed by atoms with Gasteiger partial charge in [0.1, 0.15) is 15.2 Å². The molecule has 0 saturated heterocycles. The van der Waals surface area contributed by atoms with Crippen molar-refractivity contribution < 1.29 is 56.2 Å². The molecule has 51 heavy (non-hydrogen) atoms. The fourth-order valence-electron chi connectivity index (χ4n) is 4.68. The first kappa shape index (κ1) is 39.5. The predicted molar refractivity (Wildman–Crippen MR) is 181 cm³/mol. The molecule has 1 N–H and O–H groups in total. The third-order valence-corrected chi connectivity index (χ3v) is 9.74. The quantitative estimate of drug-likeness (QED) is 0.131. The van der Waals surface area contributed by atoms with Crippen LogP contribution in [0.3, 0.4) is 0 Å². The van der Waals surface area contributed by atoms with Gasteiger partial charge in [0.15, 0.2) is 10.3 Å². The second-order valence-corrected chi connectivity index (χ2v) is 13.6. The zero-order valence-electron chi connectivity index (χ0n) is 25.5. The maximum Gasteiger partial charge on any atom is 1.00 e. The van der Waals surface area contributed by atoms with E-state index in [4.69, 9.17) is 5.11 Å². The molecule has 2 heterocycles. The van der Waals surface area contributed by atoms with E-state index in [0.717, 1.165) is 0 Å². The summed E-state index contributed by atoms with van der Waals surface area (Å²) in [5, 5.41) is 31.7. The van der Waals surface area contributed by atoms with Crippen LogP contribution in [0.15, 0.2) is 105 Å². The molecule has 2 aromatic heterocycles. The van der Waals surface area contributed by atoms with Crippen LogP contribution in [0.2, 0.25) is 0 Å². The van der Waals surface area contributed by atoms with E-state index in [1.165, 1.54) is 21.5 Å². The number of carboxylic acids is 2. The molecule has 0 atom stereocenters. The van der Waals surface area contributed by atoms with Crippen LogP contribution in [0.4, 0.5) is 17.6 Å². The molecule has 10 nitrogen and oxygen atoms in total. The van der Waals surface area contributed by atoms with Crippen LogP contribution in [0.5, 0.6) is 0 Å². The molecule has 0 fully saturated rings. The summed E-state index contributed by atoms with van der Waals surface area (Å²) in [5.74, 6) is -4.74. The number of rotatable bonds is 8. The Morgan fingerprint density at radius 1 is 0.706 bits per heavy atom. The van der Waals surface area contributed by atoms with Crippen molar-refractivity contribution >= 4 is 88.9 Å². The normalized spacial score (nSPS) is 11.2. The molecule has 4 aromatic carbocycles. The first-order chi connectivity index (χ1) is 23.7. The molecule has 0 bridgehead atoms. The Morgan fingerprint density at radius 3 is 1.43 bits per heavy atom. The number of aliphatic carboxylic acids is 2. The number of carboxylic acid groups (broad SMARTS) is 2. The second-order valence-electron chi connectivity index (χ2n) is 9.81. The molecular weight excluding hydrogens is 839 g/mol. The smallest absolute Gasteiger partial charge is 0.543 e. The molecule has 0 aliphatic carbocycles. The number of aromatic nitrogens is 4. The summed E-state index contributed by atoms with van der Waals surface area (Å²) >= 11 is 6.10. The Hall–Kier alpha value is -4.28. The Balaban J connectivity index is 0.000000224. The fraction of sp³-hybridized carbons (Fsp3) is 0.0625. The second kappa shape index (κ2) is 15.9. The minimum absolute atomic E-state index is 0. The van der Waals surface area contributed by atoms with Crippen LogP contribution in [0, 0.1) is 22.7 Å². The van der Waals surface area contributed by atoms with E-state index in [1.54, 1.807) is 72.8 Å². The molecule has 0 saturated carbocycles. The summed E-state index contributed by atoms with van der Waals surface area (Å²) in [6.45, 7) is 0. The van der Waals surface area contributed by atoms with E-state index in [2.05, 4.69) is 54.0 Å². The number of hydrogen-bond acceptors (Lipinski definition) is 9. The van der Waals surface area contributed by atoms with Crippen molar-refractivity contribution in [1.29, 1.82) is 10.5 Å². The van der Waals surface area contributed by atoms with Crippen LogP contribution in [-0.4, -0.2) is 46.7 Å². The molecule has 0 unspecified atom stereocenters. The van der Waals surface area contributed by atoms with Crippen LogP contribution >= 0.6 is 55.4 Å². The number of alkyl halides is 4. The van der Waals surface area contributed by atoms with Gasteiger partial charge in [0.2, 0.25) is 0 Å². The van der Waals surface area contributed by atoms with Crippen molar-refractivity contribution in [3.05, 3.63) is 106 Å². The molecule has 252 valence electrons. The van der Waals surface area contributed by atoms with Gasteiger partial charge in [0.25, 0.3) is 0 Å². The van der Waals surface area contributed by atoms with Crippen LogP contribution in [0.1, 0.15) is 11.1 Å². The Morgan fingerprint density at radius 2 is 1.08 bits per heavy atom. The standard InChI is InChI=1S/2C16H8BrF2N3O2S.Li/c2*17-13-8-21-15(25-16(18,19)14(23)24)22(13)12-6-5-9(7-20)10-3-1-2-4-11(10)12;/h2*1-6,8H,(H,23,24);/q;;+1/p-1. The minimum atomic E-state index is -4.13. The maximum absolute atomic E-state index is 13.6. The van der Waals surface area contributed by atoms with Gasteiger partial charge in [-0.2, -0.15) is 28.1 Å². The van der Waals surface area contributed by atoms with Crippen molar-refractivity contribution in [2.75, 3.05) is 0 Å². The van der Waals surface area contributed by atoms with Crippen LogP contribution in [-0.2, 0) is 9.59 Å². The Kier molecular flexibility index (Phi) is 12.4. The largest absolute Gasteiger partial charge is 1.00 e. The van der Waals surface area contributed by atoms with E-state index in [0.29, 0.717) is 53.3 Å². The fourth-order valence-corrected chi connectivity index (χ4v) is 7.25. The van der Waals surface area contributed by atoms with Gasteiger partial charge < -0.3 is 15.0 Å². The van der Waals surface area contributed by atoms with Gasteiger partial charge in [-0.05, 0) is 79.6 Å². The van der Waals surface area contributed by atoms with Crippen molar-refractivity contribution in [3.63, 3.8) is 0 Å². The Labute approximate surface area is 322 Å². The van der Waals surface area contributed by atoms with Crippen LogP contribution in [0.25, 0.3) is 32.9 Å². The summed E-state index contributed by atoms with van der Waals surface area (Å²) in [6, 6.07) is 24.5. The molecule has 0 aliphatic rings. The van der Waals surface area contributed by atoms with Gasteiger partial charge >= 0.3 is 35.3 Å². The van der Waals surface area contributed by atoms with Crippen LogP contribution < -0.4 is 24.0 Å². The number of carbonyl (C=O) groups excluding carboxylic acids is 1. The number of benzene rings is 4. The minimum Gasteiger partial charge on any atom is -0.543 e. The average molecular weight is 854 g/mol. The van der Waals surface area contributed by atoms with Gasteiger partial charge in [0, 0.05) is 21.5 Å². The number of hydrogen-bond donors (Lipinski definition) is 1. The van der Waals surface area contributed by atoms with Gasteiger partial charge in [0.05, 0.1) is 47.0 Å². The van der Waals surface area contributed by atoms with Gasteiger partial charge in [-0.3, -0.25) is 9.13 Å². The molecule has 19 heteroatoms. The van der Waals surface area contributed by atoms with Gasteiger partial charge in [-0.25, -0.2) is 14.8 Å². The third kappa shape index (κ3) is 8.12. The predicted octanol–water partition coefficient (Wildman–Crippen LogP) is 4.53. The summed E-state index contributed by atoms with van der Waals surface area (Å²) < 4.78 is 57.8. The topological polar surface area (TPSA) is 161 Å². The van der Waals surface area contributed by atoms with E-state index in [1.807, 2.05) is 0 Å². The van der Waals surface area contributed by atoms with E-state index in [-0.39, 0.29) is 52.7 Å². The number of thioether (sulfide) groups is 2. The van der Waals surface area contributed by atoms with Gasteiger partial charge in [-0.15, -0.1) is 0 Å². The summed E-state index contributed by atoms with van der Waals surface area (Å²) in [7, 11) is 0. The number of nitrogens with zero attached hydrogens (tertiary/aromatic N) is 6. The zero-order valence-corrected chi connectivity index (χ0v) is 30.3. The molecule has 0 spiro atoms. The number of carbonyl (C=O) groups is 2. The first-order valence-corrected chi connectivity index (χ1v) is 16.8. The summed E-state index contributed by atoms with van der Waals surface area (Å²) in [6.07, 6.45) is 2.61. The van der Waals surface area contributed by atoms with E-state index in [9.17, 15) is 42.8 Å². The summed E-state index contributed by atoms with van der Waals surface area (Å²) in [5.41, 5.74) is 1.86. The molecule has 6 aromatic rings. The molecule has 0 amide bonds. The van der Waals surface area contributed by atoms with Crippen molar-refractivity contribution in [2.24, 2.45) is 0 Å². The average Bonchev–Trinajstić information content (AvgIpc) is 3.63. The van der Waals surface area contributed by atoms with Crippen molar-refractivity contribution in [3.8, 4) is 23.5 Å². The molecular formula is C32H15Br2F4LiN6O4S2. The number of halogens is 6. The number of nitriles is 2. The zero-order chi connectivity index (χ0) is 36.4. The SMILES string of the molecule is N#Cc1ccc(-n2c(Br)cnc2SC(F)(F)C(=O)O)c2ccccc12.N#Cc1ccc(-n2c(Br)cnc2SC(F)(F)C(=O)[O-])c2ccccc12.[Li+]. The number of imidazole rings is 2. The molecule has 0 radical (unpaired) electrons. The monoisotopic (exact) mass is 852 g/mol. The number of fused-ring (bicyclic) bond motifs is 2. The molecule has 6 rings (SSSR count). The van der Waals surface area contributed by atoms with E-state index < -0.39 is 22.4 Å². The first-order valence-electron chi connectivity index (χ1n) is 13.6. The van der Waals surface area contributed by atoms with E-state index >= 15 is 0 Å². The third-order valence-electron chi connectivity index (χ3n) is 6.82. The van der Waals surface area contributed by atoms with Gasteiger partial charge in [-0.1, -0.05) is 48.5 Å².